The van der Waals surface area contributed by atoms with Crippen LogP contribution in [0.5, 0.6) is 0 Å². The van der Waals surface area contributed by atoms with Gasteiger partial charge in [-0.1, -0.05) is 12.1 Å². The lowest BCUT2D eigenvalue weighted by Crippen LogP contribution is -2.11. The smallest absolute Gasteiger partial charge is 0.222 e. The Hall–Kier alpha value is -2.56. The topological polar surface area (TPSA) is 83.7 Å². The third-order valence-corrected chi connectivity index (χ3v) is 4.35. The van der Waals surface area contributed by atoms with E-state index in [1.54, 1.807) is 19.4 Å². The van der Waals surface area contributed by atoms with Crippen molar-refractivity contribution in [3.05, 3.63) is 47.2 Å². The van der Waals surface area contributed by atoms with E-state index < -0.39 is 5.92 Å². The molecule has 0 amide bonds. The van der Waals surface area contributed by atoms with Gasteiger partial charge in [-0.25, -0.2) is 15.0 Å². The molecular weight excluding hydrogens is 310 g/mol. The average molecular weight is 325 g/mol. The molecule has 3 aromatic rings. The van der Waals surface area contributed by atoms with Gasteiger partial charge in [-0.15, -0.1) is 11.3 Å². The van der Waals surface area contributed by atoms with Gasteiger partial charge in [-0.05, 0) is 18.2 Å². The molecule has 0 saturated carbocycles. The molecular formula is C16H15N5OS. The van der Waals surface area contributed by atoms with Gasteiger partial charge >= 0.3 is 0 Å². The summed E-state index contributed by atoms with van der Waals surface area (Å²) in [7, 11) is 1.64. The molecule has 1 unspecified atom stereocenters. The molecule has 1 N–H and O–H groups in total. The summed E-state index contributed by atoms with van der Waals surface area (Å²) in [4.78, 5) is 13.1. The van der Waals surface area contributed by atoms with Crippen LogP contribution in [-0.2, 0) is 4.74 Å². The number of thiazole rings is 1. The first-order valence-corrected chi connectivity index (χ1v) is 7.94. The van der Waals surface area contributed by atoms with Crippen molar-refractivity contribution in [2.45, 2.75) is 5.92 Å². The molecule has 6 nitrogen and oxygen atoms in total. The lowest BCUT2D eigenvalue weighted by Gasteiger charge is -2.08. The highest BCUT2D eigenvalue weighted by Crippen LogP contribution is 2.30. The SMILES string of the molecule is COCCNc1nccc(C(C#N)c2nc3ccccc3s2)n1. The lowest BCUT2D eigenvalue weighted by molar-refractivity contribution is 0.210. The number of benzene rings is 1. The molecule has 2 heterocycles. The summed E-state index contributed by atoms with van der Waals surface area (Å²) >= 11 is 1.52. The van der Waals surface area contributed by atoms with Crippen molar-refractivity contribution < 1.29 is 4.74 Å². The van der Waals surface area contributed by atoms with Crippen LogP contribution in [-0.4, -0.2) is 35.2 Å². The van der Waals surface area contributed by atoms with Crippen molar-refractivity contribution in [2.75, 3.05) is 25.6 Å². The Morgan fingerprint density at radius 2 is 2.17 bits per heavy atom. The van der Waals surface area contributed by atoms with Crippen molar-refractivity contribution in [3.63, 3.8) is 0 Å². The molecule has 0 fully saturated rings. The summed E-state index contributed by atoms with van der Waals surface area (Å²) in [5, 5.41) is 13.4. The number of nitrogens with one attached hydrogen (secondary N) is 1. The van der Waals surface area contributed by atoms with Gasteiger partial charge in [0, 0.05) is 19.9 Å². The van der Waals surface area contributed by atoms with E-state index in [9.17, 15) is 5.26 Å². The van der Waals surface area contributed by atoms with Crippen LogP contribution in [0.25, 0.3) is 10.2 Å². The van der Waals surface area contributed by atoms with E-state index in [1.165, 1.54) is 11.3 Å². The molecule has 0 bridgehead atoms. The zero-order valence-electron chi connectivity index (χ0n) is 12.6. The molecule has 7 heteroatoms. The lowest BCUT2D eigenvalue weighted by atomic mass is 10.1. The molecule has 2 aromatic heterocycles. The maximum atomic E-state index is 9.58. The summed E-state index contributed by atoms with van der Waals surface area (Å²) in [6.45, 7) is 1.17. The van der Waals surface area contributed by atoms with Gasteiger partial charge in [0.1, 0.15) is 10.9 Å². The van der Waals surface area contributed by atoms with E-state index in [-0.39, 0.29) is 0 Å². The second-order valence-corrected chi connectivity index (χ2v) is 5.87. The van der Waals surface area contributed by atoms with E-state index in [1.807, 2.05) is 24.3 Å². The van der Waals surface area contributed by atoms with Crippen LogP contribution in [0.15, 0.2) is 36.5 Å². The van der Waals surface area contributed by atoms with Crippen molar-refractivity contribution in [2.24, 2.45) is 0 Å². The summed E-state index contributed by atoms with van der Waals surface area (Å²) in [5.74, 6) is -0.0145. The highest BCUT2D eigenvalue weighted by molar-refractivity contribution is 7.18. The van der Waals surface area contributed by atoms with Gasteiger partial charge < -0.3 is 10.1 Å². The number of nitriles is 1. The Bertz CT molecular complexity index is 809. The average Bonchev–Trinajstić information content (AvgIpc) is 3.00. The molecule has 3 rings (SSSR count). The number of rotatable bonds is 6. The monoisotopic (exact) mass is 325 g/mol. The third kappa shape index (κ3) is 3.44. The molecule has 0 radical (unpaired) electrons. The number of para-hydroxylation sites is 1. The fourth-order valence-corrected chi connectivity index (χ4v) is 3.17. The Morgan fingerprint density at radius 1 is 1.30 bits per heavy atom. The summed E-state index contributed by atoms with van der Waals surface area (Å²) < 4.78 is 6.05. The minimum atomic E-state index is -0.502. The molecule has 23 heavy (non-hydrogen) atoms. The van der Waals surface area contributed by atoms with Crippen LogP contribution in [0.3, 0.4) is 0 Å². The quantitative estimate of drug-likeness (QED) is 0.702. The second kappa shape index (κ2) is 7.13. The van der Waals surface area contributed by atoms with Gasteiger partial charge in [0.2, 0.25) is 5.95 Å². The van der Waals surface area contributed by atoms with Gasteiger partial charge in [0.25, 0.3) is 0 Å². The largest absolute Gasteiger partial charge is 0.383 e. The molecule has 0 aliphatic rings. The fourth-order valence-electron chi connectivity index (χ4n) is 2.14. The first-order chi connectivity index (χ1) is 11.3. The minimum absolute atomic E-state index is 0.487. The first-order valence-electron chi connectivity index (χ1n) is 7.12. The highest BCUT2D eigenvalue weighted by Gasteiger charge is 2.20. The predicted molar refractivity (Wildman–Crippen MR) is 89.5 cm³/mol. The maximum absolute atomic E-state index is 9.58. The Morgan fingerprint density at radius 3 is 2.96 bits per heavy atom. The van der Waals surface area contributed by atoms with Crippen LogP contribution in [0.4, 0.5) is 5.95 Å². The highest BCUT2D eigenvalue weighted by atomic mass is 32.1. The normalized spacial score (nSPS) is 12.0. The van der Waals surface area contributed by atoms with Gasteiger partial charge in [-0.2, -0.15) is 5.26 Å². The van der Waals surface area contributed by atoms with Crippen LogP contribution < -0.4 is 5.32 Å². The van der Waals surface area contributed by atoms with E-state index in [2.05, 4.69) is 26.3 Å². The van der Waals surface area contributed by atoms with Crippen molar-refractivity contribution in [1.82, 2.24) is 15.0 Å². The van der Waals surface area contributed by atoms with Gasteiger partial charge in [0.15, 0.2) is 0 Å². The van der Waals surface area contributed by atoms with E-state index >= 15 is 0 Å². The molecule has 1 aromatic carbocycles. The fraction of sp³-hybridized carbons (Fsp3) is 0.250. The number of hydrogen-bond donors (Lipinski definition) is 1. The number of aromatic nitrogens is 3. The van der Waals surface area contributed by atoms with Crippen molar-refractivity contribution in [3.8, 4) is 6.07 Å². The minimum Gasteiger partial charge on any atom is -0.383 e. The molecule has 0 aliphatic carbocycles. The van der Waals surface area contributed by atoms with Gasteiger partial charge in [-0.3, -0.25) is 0 Å². The Kier molecular flexibility index (Phi) is 4.76. The molecule has 0 aliphatic heterocycles. The van der Waals surface area contributed by atoms with E-state index in [4.69, 9.17) is 4.74 Å². The third-order valence-electron chi connectivity index (χ3n) is 3.25. The molecule has 1 atom stereocenters. The van der Waals surface area contributed by atoms with E-state index in [0.29, 0.717) is 24.8 Å². The van der Waals surface area contributed by atoms with Crippen LogP contribution in [0, 0.1) is 11.3 Å². The summed E-state index contributed by atoms with van der Waals surface area (Å²) in [6, 6.07) is 11.9. The zero-order valence-corrected chi connectivity index (χ0v) is 13.4. The van der Waals surface area contributed by atoms with Crippen LogP contribution in [0.1, 0.15) is 16.6 Å². The Balaban J connectivity index is 1.88. The number of methoxy groups -OCH3 is 1. The van der Waals surface area contributed by atoms with Crippen LogP contribution >= 0.6 is 11.3 Å². The van der Waals surface area contributed by atoms with Gasteiger partial charge in [0.05, 0.1) is 28.6 Å². The molecule has 116 valence electrons. The second-order valence-electron chi connectivity index (χ2n) is 4.81. The van der Waals surface area contributed by atoms with E-state index in [0.717, 1.165) is 15.2 Å². The number of hydrogen-bond acceptors (Lipinski definition) is 7. The number of nitrogens with zero attached hydrogens (tertiary/aromatic N) is 4. The number of ether oxygens (including phenoxy) is 1. The maximum Gasteiger partial charge on any atom is 0.222 e. The number of anilines is 1. The predicted octanol–water partition coefficient (Wildman–Crippen LogP) is 2.80. The zero-order chi connectivity index (χ0) is 16.1. The first kappa shape index (κ1) is 15.3. The number of fused-ring (bicyclic) bond motifs is 1. The molecule has 0 spiro atoms. The summed E-state index contributed by atoms with van der Waals surface area (Å²) in [6.07, 6.45) is 1.65. The van der Waals surface area contributed by atoms with Crippen molar-refractivity contribution >= 4 is 27.5 Å². The van der Waals surface area contributed by atoms with Crippen LogP contribution in [0.2, 0.25) is 0 Å². The Labute approximate surface area is 137 Å². The van der Waals surface area contributed by atoms with Crippen molar-refractivity contribution in [1.29, 1.82) is 5.26 Å². The standard InChI is InChI=1S/C16H15N5OS/c1-22-9-8-19-16-18-7-6-12(21-16)11(10-17)15-20-13-4-2-3-5-14(13)23-15/h2-7,11H,8-9H2,1H3,(H,18,19,21). The molecule has 0 saturated heterocycles. The summed E-state index contributed by atoms with van der Waals surface area (Å²) in [5.41, 5.74) is 1.54.